The third-order valence-electron chi connectivity index (χ3n) is 4.52. The number of hydrogen-bond donors (Lipinski definition) is 2. The first-order chi connectivity index (χ1) is 11.1. The molecule has 2 fully saturated rings. The maximum Gasteiger partial charge on any atom is 0.325 e. The number of halogens is 1. The minimum Gasteiger partial charge on any atom is -0.340 e. The van der Waals surface area contributed by atoms with Crippen LogP contribution in [0.3, 0.4) is 0 Å². The average molecular weight is 353 g/mol. The van der Waals surface area contributed by atoms with Crippen molar-refractivity contribution >= 4 is 30.3 Å². The summed E-state index contributed by atoms with van der Waals surface area (Å²) in [5, 5.41) is 2.17. The Balaban J connectivity index is 0.00000208. The Morgan fingerprint density at radius 3 is 2.50 bits per heavy atom. The molecule has 8 heteroatoms. The predicted octanol–water partition coefficient (Wildman–Crippen LogP) is 0.161. The number of benzene rings is 1. The first-order valence-electron chi connectivity index (χ1n) is 7.70. The fourth-order valence-corrected chi connectivity index (χ4v) is 3.27. The molecule has 0 bridgehead atoms. The maximum atomic E-state index is 12.4. The van der Waals surface area contributed by atoms with Crippen molar-refractivity contribution in [1.29, 1.82) is 0 Å². The molecule has 0 aromatic heterocycles. The van der Waals surface area contributed by atoms with Crippen LogP contribution >= 0.6 is 12.4 Å². The van der Waals surface area contributed by atoms with Crippen LogP contribution in [0.1, 0.15) is 11.5 Å². The number of nitrogens with zero attached hydrogens (tertiary/aromatic N) is 2. The third kappa shape index (κ3) is 3.68. The second kappa shape index (κ2) is 7.63. The van der Waals surface area contributed by atoms with Crippen molar-refractivity contribution in [3.05, 3.63) is 35.9 Å². The fourth-order valence-electron chi connectivity index (χ4n) is 3.27. The van der Waals surface area contributed by atoms with E-state index in [-0.39, 0.29) is 49.1 Å². The number of rotatable bonds is 4. The van der Waals surface area contributed by atoms with Crippen LogP contribution < -0.4 is 11.1 Å². The molecular formula is C16H21ClN4O3. The Hall–Kier alpha value is -2.12. The van der Waals surface area contributed by atoms with Gasteiger partial charge in [-0.1, -0.05) is 30.3 Å². The van der Waals surface area contributed by atoms with Gasteiger partial charge >= 0.3 is 6.03 Å². The van der Waals surface area contributed by atoms with Gasteiger partial charge in [-0.2, -0.15) is 0 Å². The monoisotopic (exact) mass is 352 g/mol. The average Bonchev–Trinajstić information content (AvgIpc) is 3.11. The van der Waals surface area contributed by atoms with Crippen LogP contribution in [-0.2, 0) is 9.59 Å². The summed E-state index contributed by atoms with van der Waals surface area (Å²) in [6.07, 6.45) is 0. The number of hydrogen-bond acceptors (Lipinski definition) is 4. The van der Waals surface area contributed by atoms with E-state index in [0.29, 0.717) is 19.6 Å². The summed E-state index contributed by atoms with van der Waals surface area (Å²) in [5.41, 5.74) is 7.04. The molecule has 0 spiro atoms. The number of likely N-dealkylation sites (tertiary alicyclic amines) is 1. The molecule has 2 aliphatic rings. The minimum absolute atomic E-state index is 0. The van der Waals surface area contributed by atoms with Crippen LogP contribution in [0.5, 0.6) is 0 Å². The van der Waals surface area contributed by atoms with Crippen molar-refractivity contribution in [3.63, 3.8) is 0 Å². The van der Waals surface area contributed by atoms with Gasteiger partial charge in [0.15, 0.2) is 0 Å². The number of amides is 4. The normalized spacial score (nSPS) is 23.2. The highest BCUT2D eigenvalue weighted by atomic mass is 35.5. The number of nitrogens with one attached hydrogen (secondary N) is 1. The molecule has 0 radical (unpaired) electrons. The number of carbonyl (C=O) groups excluding carboxylic acids is 3. The van der Waals surface area contributed by atoms with Gasteiger partial charge in [0.25, 0.3) is 0 Å². The molecule has 0 saturated carbocycles. The number of urea groups is 1. The highest BCUT2D eigenvalue weighted by Crippen LogP contribution is 2.32. The standard InChI is InChI=1S/C16H20N4O3.ClH/c17-6-12-7-19(8-13(12)11-4-2-1-3-5-11)15(22)10-20-9-14(21)18-16(20)23;/h1-5,12-13H,6-10,17H2,(H,18,21,23);1H/t12-,13+;/m1./s1. The second-order valence-electron chi connectivity index (χ2n) is 6.02. The van der Waals surface area contributed by atoms with Crippen molar-refractivity contribution in [1.82, 2.24) is 15.1 Å². The number of carbonyl (C=O) groups is 3. The van der Waals surface area contributed by atoms with Crippen LogP contribution in [0.2, 0.25) is 0 Å². The summed E-state index contributed by atoms with van der Waals surface area (Å²) in [4.78, 5) is 38.2. The van der Waals surface area contributed by atoms with Crippen molar-refractivity contribution < 1.29 is 14.4 Å². The molecule has 7 nitrogen and oxygen atoms in total. The van der Waals surface area contributed by atoms with Crippen molar-refractivity contribution in [3.8, 4) is 0 Å². The third-order valence-corrected chi connectivity index (χ3v) is 4.52. The first-order valence-corrected chi connectivity index (χ1v) is 7.70. The Morgan fingerprint density at radius 1 is 1.21 bits per heavy atom. The molecule has 24 heavy (non-hydrogen) atoms. The lowest BCUT2D eigenvalue weighted by Gasteiger charge is -2.20. The van der Waals surface area contributed by atoms with Crippen LogP contribution in [0, 0.1) is 5.92 Å². The molecule has 3 N–H and O–H groups in total. The SMILES string of the molecule is Cl.NC[C@@H]1CN(C(=O)CN2CC(=O)NC2=O)C[C@H]1c1ccccc1. The lowest BCUT2D eigenvalue weighted by atomic mass is 9.89. The zero-order chi connectivity index (χ0) is 16.4. The van der Waals surface area contributed by atoms with Crippen molar-refractivity contribution in [2.24, 2.45) is 11.7 Å². The van der Waals surface area contributed by atoms with Crippen molar-refractivity contribution in [2.75, 3.05) is 32.7 Å². The van der Waals surface area contributed by atoms with Crippen LogP contribution in [0.15, 0.2) is 30.3 Å². The smallest absolute Gasteiger partial charge is 0.325 e. The van der Waals surface area contributed by atoms with Crippen LogP contribution in [0.25, 0.3) is 0 Å². The highest BCUT2D eigenvalue weighted by Gasteiger charge is 2.37. The maximum absolute atomic E-state index is 12.4. The Kier molecular flexibility index (Phi) is 5.80. The van der Waals surface area contributed by atoms with Gasteiger partial charge in [0, 0.05) is 19.0 Å². The lowest BCUT2D eigenvalue weighted by Crippen LogP contribution is -2.41. The molecule has 2 saturated heterocycles. The quantitative estimate of drug-likeness (QED) is 0.754. The summed E-state index contributed by atoms with van der Waals surface area (Å²) >= 11 is 0. The molecule has 2 atom stereocenters. The largest absolute Gasteiger partial charge is 0.340 e. The molecule has 4 amide bonds. The Labute approximate surface area is 146 Å². The van der Waals surface area contributed by atoms with Gasteiger partial charge in [-0.05, 0) is 18.0 Å². The van der Waals surface area contributed by atoms with E-state index < -0.39 is 6.03 Å². The molecule has 0 unspecified atom stereocenters. The molecule has 2 aliphatic heterocycles. The van der Waals surface area contributed by atoms with E-state index in [2.05, 4.69) is 5.32 Å². The van der Waals surface area contributed by atoms with Gasteiger partial charge in [0.2, 0.25) is 11.8 Å². The van der Waals surface area contributed by atoms with E-state index >= 15 is 0 Å². The van der Waals surface area contributed by atoms with Crippen LogP contribution in [-0.4, -0.2) is 60.4 Å². The van der Waals surface area contributed by atoms with E-state index in [1.807, 2.05) is 30.3 Å². The van der Waals surface area contributed by atoms with E-state index in [0.717, 1.165) is 0 Å². The summed E-state index contributed by atoms with van der Waals surface area (Å²) < 4.78 is 0. The Morgan fingerprint density at radius 2 is 1.92 bits per heavy atom. The van der Waals surface area contributed by atoms with E-state index in [1.165, 1.54) is 10.5 Å². The topological polar surface area (TPSA) is 95.7 Å². The molecule has 130 valence electrons. The van der Waals surface area contributed by atoms with Crippen LogP contribution in [0.4, 0.5) is 4.79 Å². The zero-order valence-electron chi connectivity index (χ0n) is 13.2. The second-order valence-corrected chi connectivity index (χ2v) is 6.02. The molecule has 3 rings (SSSR count). The number of imide groups is 1. The summed E-state index contributed by atoms with van der Waals surface area (Å²) in [6.45, 7) is 1.55. The number of nitrogens with two attached hydrogens (primary N) is 1. The van der Waals surface area contributed by atoms with Gasteiger partial charge in [-0.25, -0.2) is 4.79 Å². The molecule has 1 aromatic rings. The molecule has 2 heterocycles. The van der Waals surface area contributed by atoms with Gasteiger partial charge in [-0.3, -0.25) is 14.9 Å². The van der Waals surface area contributed by atoms with Gasteiger partial charge in [0.1, 0.15) is 13.1 Å². The predicted molar refractivity (Wildman–Crippen MR) is 90.7 cm³/mol. The van der Waals surface area contributed by atoms with Gasteiger partial charge in [0.05, 0.1) is 0 Å². The van der Waals surface area contributed by atoms with E-state index in [4.69, 9.17) is 5.73 Å². The van der Waals surface area contributed by atoms with Gasteiger partial charge in [-0.15, -0.1) is 12.4 Å². The van der Waals surface area contributed by atoms with Gasteiger partial charge < -0.3 is 15.5 Å². The zero-order valence-corrected chi connectivity index (χ0v) is 14.0. The minimum atomic E-state index is -0.502. The first kappa shape index (κ1) is 18.2. The van der Waals surface area contributed by atoms with E-state index in [1.54, 1.807) is 4.90 Å². The molecular weight excluding hydrogens is 332 g/mol. The lowest BCUT2D eigenvalue weighted by molar-refractivity contribution is -0.130. The summed E-state index contributed by atoms with van der Waals surface area (Å²) in [5.74, 6) is -0.104. The highest BCUT2D eigenvalue weighted by molar-refractivity contribution is 6.03. The van der Waals surface area contributed by atoms with Crippen molar-refractivity contribution in [2.45, 2.75) is 5.92 Å². The van der Waals surface area contributed by atoms with E-state index in [9.17, 15) is 14.4 Å². The summed E-state index contributed by atoms with van der Waals surface area (Å²) in [7, 11) is 0. The fraction of sp³-hybridized carbons (Fsp3) is 0.438. The molecule has 0 aliphatic carbocycles. The summed E-state index contributed by atoms with van der Waals surface area (Å²) in [6, 6.07) is 9.52. The Bertz CT molecular complexity index is 625. The molecule has 1 aromatic carbocycles.